The number of rotatable bonds is 4. The van der Waals surface area contributed by atoms with Gasteiger partial charge in [-0.3, -0.25) is 4.68 Å². The van der Waals surface area contributed by atoms with E-state index in [9.17, 15) is 0 Å². The second-order valence-corrected chi connectivity index (χ2v) is 3.98. The Balaban J connectivity index is 1.88. The normalized spacial score (nSPS) is 16.5. The molecule has 0 aliphatic heterocycles. The van der Waals surface area contributed by atoms with Crippen LogP contribution in [0.3, 0.4) is 0 Å². The number of aromatic nitrogens is 2. The van der Waals surface area contributed by atoms with E-state index in [4.69, 9.17) is 4.74 Å². The van der Waals surface area contributed by atoms with Crippen LogP contribution in [-0.2, 0) is 0 Å². The van der Waals surface area contributed by atoms with Crippen molar-refractivity contribution in [3.05, 3.63) is 12.3 Å². The summed E-state index contributed by atoms with van der Waals surface area (Å²) in [5.41, 5.74) is 0. The highest BCUT2D eigenvalue weighted by Gasteiger charge is 2.22. The number of hydrogen-bond donors (Lipinski definition) is 0. The van der Waals surface area contributed by atoms with E-state index in [1.807, 2.05) is 16.9 Å². The lowest BCUT2D eigenvalue weighted by molar-refractivity contribution is 0.283. The predicted octanol–water partition coefficient (Wildman–Crippen LogP) is 2.25. The van der Waals surface area contributed by atoms with Crippen molar-refractivity contribution in [2.24, 2.45) is 5.92 Å². The molecule has 0 amide bonds. The summed E-state index contributed by atoms with van der Waals surface area (Å²) in [5.74, 6) is 1.56. The Bertz CT molecular complexity index is 276. The zero-order chi connectivity index (χ0) is 9.26. The van der Waals surface area contributed by atoms with Gasteiger partial charge in [0.05, 0.1) is 6.61 Å². The highest BCUT2D eigenvalue weighted by Crippen LogP contribution is 2.29. The fraction of sp³-hybridized carbons (Fsp3) is 0.700. The molecule has 1 heterocycles. The van der Waals surface area contributed by atoms with Gasteiger partial charge < -0.3 is 4.74 Å². The van der Waals surface area contributed by atoms with Crippen LogP contribution in [0.5, 0.6) is 5.88 Å². The summed E-state index contributed by atoms with van der Waals surface area (Å²) in [4.78, 5) is 0. The van der Waals surface area contributed by atoms with Crippen molar-refractivity contribution in [3.8, 4) is 5.88 Å². The molecule has 1 aromatic rings. The van der Waals surface area contributed by atoms with Crippen LogP contribution in [0.15, 0.2) is 12.3 Å². The molecule has 0 unspecified atom stereocenters. The van der Waals surface area contributed by atoms with E-state index in [0.717, 1.165) is 18.4 Å². The molecule has 3 nitrogen and oxygen atoms in total. The first-order valence-corrected chi connectivity index (χ1v) is 4.93. The maximum Gasteiger partial charge on any atom is 0.232 e. The van der Waals surface area contributed by atoms with Crippen molar-refractivity contribution >= 4 is 0 Å². The third-order valence-corrected chi connectivity index (χ3v) is 2.28. The van der Waals surface area contributed by atoms with Crippen LogP contribution in [0, 0.1) is 5.92 Å². The maximum absolute atomic E-state index is 5.53. The monoisotopic (exact) mass is 180 g/mol. The lowest BCUT2D eigenvalue weighted by Gasteiger charge is -2.04. The lowest BCUT2D eigenvalue weighted by atomic mass is 10.4. The Morgan fingerprint density at radius 1 is 1.62 bits per heavy atom. The largest absolute Gasteiger partial charge is 0.476 e. The predicted molar refractivity (Wildman–Crippen MR) is 50.8 cm³/mol. The molecular formula is C10H16N2O. The van der Waals surface area contributed by atoms with Gasteiger partial charge in [0.25, 0.3) is 0 Å². The summed E-state index contributed by atoms with van der Waals surface area (Å²) in [7, 11) is 0. The van der Waals surface area contributed by atoms with Crippen molar-refractivity contribution in [1.82, 2.24) is 9.78 Å². The molecule has 13 heavy (non-hydrogen) atoms. The third-order valence-electron chi connectivity index (χ3n) is 2.28. The van der Waals surface area contributed by atoms with Crippen molar-refractivity contribution < 1.29 is 4.74 Å². The van der Waals surface area contributed by atoms with Gasteiger partial charge in [0.15, 0.2) is 0 Å². The summed E-state index contributed by atoms with van der Waals surface area (Å²) in [5, 5.41) is 4.30. The van der Waals surface area contributed by atoms with E-state index in [2.05, 4.69) is 18.9 Å². The van der Waals surface area contributed by atoms with Gasteiger partial charge >= 0.3 is 0 Å². The Kier molecular flexibility index (Phi) is 2.25. The number of ether oxygens (including phenoxy) is 1. The third kappa shape index (κ3) is 2.23. The van der Waals surface area contributed by atoms with Crippen LogP contribution in [0.2, 0.25) is 0 Å². The van der Waals surface area contributed by atoms with E-state index in [0.29, 0.717) is 6.04 Å². The molecule has 72 valence electrons. The van der Waals surface area contributed by atoms with Gasteiger partial charge in [-0.25, -0.2) is 0 Å². The minimum Gasteiger partial charge on any atom is -0.476 e. The Labute approximate surface area is 78.7 Å². The number of hydrogen-bond acceptors (Lipinski definition) is 2. The summed E-state index contributed by atoms with van der Waals surface area (Å²) in [6.07, 6.45) is 4.61. The van der Waals surface area contributed by atoms with E-state index in [-0.39, 0.29) is 0 Å². The maximum atomic E-state index is 5.53. The Hall–Kier alpha value is -0.990. The van der Waals surface area contributed by atoms with Gasteiger partial charge in [0.2, 0.25) is 5.88 Å². The molecule has 1 aliphatic carbocycles. The first-order chi connectivity index (χ1) is 6.25. The second kappa shape index (κ2) is 3.40. The highest BCUT2D eigenvalue weighted by molar-refractivity contribution is 5.06. The first-order valence-electron chi connectivity index (χ1n) is 4.93. The number of nitrogens with zero attached hydrogens (tertiary/aromatic N) is 2. The summed E-state index contributed by atoms with van der Waals surface area (Å²) >= 11 is 0. The second-order valence-electron chi connectivity index (χ2n) is 3.98. The van der Waals surface area contributed by atoms with E-state index < -0.39 is 0 Å². The summed E-state index contributed by atoms with van der Waals surface area (Å²) in [6, 6.07) is 2.35. The molecular weight excluding hydrogens is 164 g/mol. The minimum atomic E-state index is 0.415. The average molecular weight is 180 g/mol. The van der Waals surface area contributed by atoms with Gasteiger partial charge in [-0.2, -0.15) is 0 Å². The van der Waals surface area contributed by atoms with E-state index >= 15 is 0 Å². The molecule has 0 spiro atoms. The minimum absolute atomic E-state index is 0.415. The Morgan fingerprint density at radius 2 is 2.38 bits per heavy atom. The van der Waals surface area contributed by atoms with Gasteiger partial charge in [0.1, 0.15) is 0 Å². The zero-order valence-electron chi connectivity index (χ0n) is 8.23. The van der Waals surface area contributed by atoms with E-state index in [1.165, 1.54) is 12.8 Å². The topological polar surface area (TPSA) is 27.1 Å². The standard InChI is InChI=1S/C10H16N2O/c1-8(2)12-6-5-10(11-12)13-7-9-3-4-9/h5-6,8-9H,3-4,7H2,1-2H3. The smallest absolute Gasteiger partial charge is 0.232 e. The molecule has 0 aromatic carbocycles. The van der Waals surface area contributed by atoms with Gasteiger partial charge in [-0.15, -0.1) is 5.10 Å². The van der Waals surface area contributed by atoms with Gasteiger partial charge in [0, 0.05) is 18.3 Å². The molecule has 2 rings (SSSR count). The van der Waals surface area contributed by atoms with Crippen molar-refractivity contribution in [3.63, 3.8) is 0 Å². The Morgan fingerprint density at radius 3 is 2.92 bits per heavy atom. The quantitative estimate of drug-likeness (QED) is 0.710. The molecule has 0 atom stereocenters. The van der Waals surface area contributed by atoms with Crippen LogP contribution < -0.4 is 4.74 Å². The van der Waals surface area contributed by atoms with Crippen LogP contribution in [0.4, 0.5) is 0 Å². The van der Waals surface area contributed by atoms with E-state index in [1.54, 1.807) is 0 Å². The molecule has 0 saturated heterocycles. The van der Waals surface area contributed by atoms with Crippen LogP contribution >= 0.6 is 0 Å². The van der Waals surface area contributed by atoms with Crippen LogP contribution in [0.1, 0.15) is 32.7 Å². The molecule has 0 radical (unpaired) electrons. The molecule has 1 saturated carbocycles. The SMILES string of the molecule is CC(C)n1ccc(OCC2CC2)n1. The zero-order valence-corrected chi connectivity index (χ0v) is 8.23. The molecule has 3 heteroatoms. The molecule has 0 N–H and O–H groups in total. The lowest BCUT2D eigenvalue weighted by Crippen LogP contribution is -2.03. The van der Waals surface area contributed by atoms with Crippen molar-refractivity contribution in [2.45, 2.75) is 32.7 Å². The fourth-order valence-corrected chi connectivity index (χ4v) is 1.17. The molecule has 1 aromatic heterocycles. The van der Waals surface area contributed by atoms with Crippen molar-refractivity contribution in [1.29, 1.82) is 0 Å². The first kappa shape index (κ1) is 8.60. The summed E-state index contributed by atoms with van der Waals surface area (Å²) in [6.45, 7) is 5.06. The molecule has 0 bridgehead atoms. The van der Waals surface area contributed by atoms with Crippen LogP contribution in [0.25, 0.3) is 0 Å². The fourth-order valence-electron chi connectivity index (χ4n) is 1.17. The van der Waals surface area contributed by atoms with Crippen LogP contribution in [-0.4, -0.2) is 16.4 Å². The van der Waals surface area contributed by atoms with Gasteiger partial charge in [-0.1, -0.05) is 0 Å². The average Bonchev–Trinajstić information content (AvgIpc) is 2.79. The van der Waals surface area contributed by atoms with Crippen molar-refractivity contribution in [2.75, 3.05) is 6.61 Å². The van der Waals surface area contributed by atoms with Gasteiger partial charge in [-0.05, 0) is 32.6 Å². The molecule has 1 fully saturated rings. The highest BCUT2D eigenvalue weighted by atomic mass is 16.5. The molecule has 1 aliphatic rings. The summed E-state index contributed by atoms with van der Waals surface area (Å²) < 4.78 is 7.45.